The molecule has 0 saturated heterocycles. The van der Waals surface area contributed by atoms with E-state index in [1.807, 2.05) is 0 Å². The van der Waals surface area contributed by atoms with E-state index in [2.05, 4.69) is 5.32 Å². The predicted octanol–water partition coefficient (Wildman–Crippen LogP) is 3.61. The Morgan fingerprint density at radius 3 is 2.41 bits per heavy atom. The molecule has 0 aliphatic heterocycles. The number of anilines is 1. The molecule has 0 radical (unpaired) electrons. The van der Waals surface area contributed by atoms with Crippen LogP contribution in [0.5, 0.6) is 11.5 Å². The van der Waals surface area contributed by atoms with Crippen LogP contribution in [-0.2, 0) is 20.7 Å². The highest BCUT2D eigenvalue weighted by molar-refractivity contribution is 6.31. The van der Waals surface area contributed by atoms with Crippen molar-refractivity contribution in [2.24, 2.45) is 0 Å². The van der Waals surface area contributed by atoms with E-state index in [-0.39, 0.29) is 12.2 Å². The average molecular weight is 396 g/mol. The van der Waals surface area contributed by atoms with Crippen LogP contribution in [-0.4, -0.2) is 32.2 Å². The van der Waals surface area contributed by atoms with Crippen molar-refractivity contribution < 1.29 is 28.2 Å². The second-order valence-corrected chi connectivity index (χ2v) is 6.05. The lowest BCUT2D eigenvalue weighted by Gasteiger charge is -2.15. The fourth-order valence-corrected chi connectivity index (χ4v) is 2.46. The Labute approximate surface area is 161 Å². The van der Waals surface area contributed by atoms with Crippen LogP contribution in [0.25, 0.3) is 0 Å². The Morgan fingerprint density at radius 1 is 1.11 bits per heavy atom. The van der Waals surface area contributed by atoms with Crippen LogP contribution < -0.4 is 14.8 Å². The number of ether oxygens (including phenoxy) is 3. The summed E-state index contributed by atoms with van der Waals surface area (Å²) in [7, 11) is 2.80. The van der Waals surface area contributed by atoms with E-state index in [1.54, 1.807) is 18.2 Å². The van der Waals surface area contributed by atoms with Gasteiger partial charge in [0.25, 0.3) is 5.91 Å². The van der Waals surface area contributed by atoms with Gasteiger partial charge in [0.15, 0.2) is 17.7 Å². The second kappa shape index (κ2) is 9.23. The van der Waals surface area contributed by atoms with Gasteiger partial charge in [-0.25, -0.2) is 4.39 Å². The van der Waals surface area contributed by atoms with Gasteiger partial charge in [-0.1, -0.05) is 17.7 Å². The van der Waals surface area contributed by atoms with Gasteiger partial charge in [0, 0.05) is 5.02 Å². The minimum atomic E-state index is -1.07. The van der Waals surface area contributed by atoms with Crippen LogP contribution >= 0.6 is 11.6 Å². The SMILES string of the molecule is COc1ccc(CC(=O)O[C@H](C)C(=O)Nc2cc(Cl)ccc2OC)cc1F. The largest absolute Gasteiger partial charge is 0.495 e. The van der Waals surface area contributed by atoms with Crippen LogP contribution in [0.1, 0.15) is 12.5 Å². The number of methoxy groups -OCH3 is 2. The van der Waals surface area contributed by atoms with Gasteiger partial charge in [-0.2, -0.15) is 0 Å². The fraction of sp³-hybridized carbons (Fsp3) is 0.263. The van der Waals surface area contributed by atoms with E-state index < -0.39 is 23.8 Å². The first-order valence-electron chi connectivity index (χ1n) is 8.00. The third-order valence-electron chi connectivity index (χ3n) is 3.66. The van der Waals surface area contributed by atoms with E-state index in [4.69, 9.17) is 25.8 Å². The van der Waals surface area contributed by atoms with Crippen LogP contribution in [0.2, 0.25) is 5.02 Å². The third-order valence-corrected chi connectivity index (χ3v) is 3.90. The highest BCUT2D eigenvalue weighted by atomic mass is 35.5. The normalized spacial score (nSPS) is 11.4. The number of hydrogen-bond acceptors (Lipinski definition) is 5. The fourth-order valence-electron chi connectivity index (χ4n) is 2.29. The molecular weight excluding hydrogens is 377 g/mol. The number of hydrogen-bond donors (Lipinski definition) is 1. The van der Waals surface area contributed by atoms with Crippen LogP contribution in [0.3, 0.4) is 0 Å². The highest BCUT2D eigenvalue weighted by Gasteiger charge is 2.20. The first-order valence-corrected chi connectivity index (χ1v) is 8.38. The first kappa shape index (κ1) is 20.5. The number of rotatable bonds is 7. The summed E-state index contributed by atoms with van der Waals surface area (Å²) in [6.45, 7) is 1.43. The Balaban J connectivity index is 1.96. The van der Waals surface area contributed by atoms with Crippen molar-refractivity contribution in [3.05, 3.63) is 52.8 Å². The number of carbonyl (C=O) groups excluding carboxylic acids is 2. The van der Waals surface area contributed by atoms with Crippen molar-refractivity contribution in [1.29, 1.82) is 0 Å². The molecule has 8 heteroatoms. The monoisotopic (exact) mass is 395 g/mol. The minimum absolute atomic E-state index is 0.0790. The molecule has 0 heterocycles. The Hall–Kier alpha value is -2.80. The number of halogens is 2. The minimum Gasteiger partial charge on any atom is -0.495 e. The maximum Gasteiger partial charge on any atom is 0.311 e. The molecular formula is C19H19ClFNO5. The van der Waals surface area contributed by atoms with Gasteiger partial charge in [-0.15, -0.1) is 0 Å². The number of benzene rings is 2. The average Bonchev–Trinajstić information content (AvgIpc) is 2.62. The second-order valence-electron chi connectivity index (χ2n) is 5.61. The van der Waals surface area contributed by atoms with Crippen LogP contribution in [0.15, 0.2) is 36.4 Å². The summed E-state index contributed by atoms with van der Waals surface area (Å²) in [5, 5.41) is 3.01. The zero-order valence-corrected chi connectivity index (χ0v) is 15.8. The lowest BCUT2D eigenvalue weighted by molar-refractivity contribution is -0.152. The van der Waals surface area contributed by atoms with E-state index in [9.17, 15) is 14.0 Å². The molecule has 0 aliphatic rings. The van der Waals surface area contributed by atoms with Gasteiger partial charge in [-0.3, -0.25) is 9.59 Å². The molecule has 2 rings (SSSR count). The summed E-state index contributed by atoms with van der Waals surface area (Å²) in [6, 6.07) is 8.89. The molecule has 0 aromatic heterocycles. The van der Waals surface area contributed by atoms with Gasteiger partial charge < -0.3 is 19.5 Å². The zero-order valence-electron chi connectivity index (χ0n) is 15.0. The molecule has 2 aromatic carbocycles. The van der Waals surface area contributed by atoms with Crippen molar-refractivity contribution in [3.63, 3.8) is 0 Å². The molecule has 0 saturated carbocycles. The molecule has 0 fully saturated rings. The van der Waals surface area contributed by atoms with Crippen LogP contribution in [0.4, 0.5) is 10.1 Å². The molecule has 6 nitrogen and oxygen atoms in total. The molecule has 0 spiro atoms. The van der Waals surface area contributed by atoms with E-state index in [1.165, 1.54) is 39.3 Å². The molecule has 1 N–H and O–H groups in total. The smallest absolute Gasteiger partial charge is 0.311 e. The van der Waals surface area contributed by atoms with E-state index in [0.717, 1.165) is 0 Å². The summed E-state index contributed by atoms with van der Waals surface area (Å²) in [5.41, 5.74) is 0.762. The summed E-state index contributed by atoms with van der Waals surface area (Å²) in [4.78, 5) is 24.3. The Kier molecular flexibility index (Phi) is 7.01. The maximum absolute atomic E-state index is 13.7. The van der Waals surface area contributed by atoms with Crippen molar-refractivity contribution >= 4 is 29.2 Å². The quantitative estimate of drug-likeness (QED) is 0.725. The molecule has 27 heavy (non-hydrogen) atoms. The summed E-state index contributed by atoms with van der Waals surface area (Å²) >= 11 is 5.91. The van der Waals surface area contributed by atoms with Gasteiger partial charge >= 0.3 is 5.97 Å². The van der Waals surface area contributed by atoms with Gasteiger partial charge in [0.1, 0.15) is 5.75 Å². The Bertz CT molecular complexity index is 843. The lowest BCUT2D eigenvalue weighted by Crippen LogP contribution is -2.30. The summed E-state index contributed by atoms with van der Waals surface area (Å²) in [6.07, 6.45) is -1.25. The topological polar surface area (TPSA) is 73.9 Å². The van der Waals surface area contributed by atoms with Gasteiger partial charge in [0.2, 0.25) is 0 Å². The Morgan fingerprint density at radius 2 is 1.78 bits per heavy atom. The zero-order chi connectivity index (χ0) is 20.0. The number of esters is 1. The molecule has 0 bridgehead atoms. The number of carbonyl (C=O) groups is 2. The van der Waals surface area contributed by atoms with Crippen LogP contribution in [0, 0.1) is 5.82 Å². The van der Waals surface area contributed by atoms with Crippen molar-refractivity contribution in [3.8, 4) is 11.5 Å². The number of amides is 1. The molecule has 2 aromatic rings. The number of nitrogens with one attached hydrogen (secondary N) is 1. The summed E-state index contributed by atoms with van der Waals surface area (Å²) in [5.74, 6) is -1.30. The predicted molar refractivity (Wildman–Crippen MR) is 98.8 cm³/mol. The van der Waals surface area contributed by atoms with Gasteiger partial charge in [-0.05, 0) is 42.8 Å². The van der Waals surface area contributed by atoms with Crippen molar-refractivity contribution in [2.75, 3.05) is 19.5 Å². The highest BCUT2D eigenvalue weighted by Crippen LogP contribution is 2.27. The van der Waals surface area contributed by atoms with Crippen molar-refractivity contribution in [1.82, 2.24) is 0 Å². The lowest BCUT2D eigenvalue weighted by atomic mass is 10.1. The first-order chi connectivity index (χ1) is 12.8. The molecule has 1 amide bonds. The van der Waals surface area contributed by atoms with Crippen molar-refractivity contribution in [2.45, 2.75) is 19.4 Å². The van der Waals surface area contributed by atoms with E-state index in [0.29, 0.717) is 22.0 Å². The van der Waals surface area contributed by atoms with E-state index >= 15 is 0 Å². The standard InChI is InChI=1S/C19H19ClFNO5/c1-11(19(24)22-15-10-13(20)5-7-17(15)26-3)27-18(23)9-12-4-6-16(25-2)14(21)8-12/h4-8,10-11H,9H2,1-3H3,(H,22,24)/t11-/m1/s1. The van der Waals surface area contributed by atoms with Gasteiger partial charge in [0.05, 0.1) is 26.3 Å². The molecule has 1 atom stereocenters. The molecule has 144 valence electrons. The molecule has 0 aliphatic carbocycles. The summed E-state index contributed by atoms with van der Waals surface area (Å²) < 4.78 is 28.7. The maximum atomic E-state index is 13.7. The molecule has 0 unspecified atom stereocenters. The third kappa shape index (κ3) is 5.59.